The molecule has 7 heteroatoms. The number of ether oxygens (including phenoxy) is 2. The molecule has 0 radical (unpaired) electrons. The van der Waals surface area contributed by atoms with Gasteiger partial charge >= 0.3 is 0 Å². The molecule has 0 aromatic carbocycles. The summed E-state index contributed by atoms with van der Waals surface area (Å²) in [6.07, 6.45) is 3.49. The number of rotatable bonds is 7. The fourth-order valence-corrected chi connectivity index (χ4v) is 2.55. The molecule has 1 aliphatic rings. The second-order valence-electron chi connectivity index (χ2n) is 4.85. The summed E-state index contributed by atoms with van der Waals surface area (Å²) < 4.78 is 11.9. The van der Waals surface area contributed by atoms with E-state index in [1.54, 1.807) is 13.4 Å². The van der Waals surface area contributed by atoms with E-state index in [1.165, 1.54) is 0 Å². The topological polar surface area (TPSA) is 68.3 Å². The van der Waals surface area contributed by atoms with Gasteiger partial charge in [-0.25, -0.2) is 9.97 Å². The van der Waals surface area contributed by atoms with Gasteiger partial charge in [-0.15, -0.1) is 0 Å². The number of halogens is 1. The average Bonchev–Trinajstić information content (AvgIpc) is 2.94. The Labute approximate surface area is 127 Å². The van der Waals surface area contributed by atoms with Crippen molar-refractivity contribution in [3.8, 4) is 0 Å². The molecular formula is C13H21BrN4O2. The molecule has 2 rings (SSSR count). The van der Waals surface area contributed by atoms with Gasteiger partial charge in [0.15, 0.2) is 0 Å². The average molecular weight is 345 g/mol. The smallest absolute Gasteiger partial charge is 0.146 e. The molecule has 1 saturated heterocycles. The van der Waals surface area contributed by atoms with Crippen LogP contribution in [0.5, 0.6) is 0 Å². The molecule has 2 heterocycles. The van der Waals surface area contributed by atoms with Gasteiger partial charge in [-0.1, -0.05) is 6.92 Å². The van der Waals surface area contributed by atoms with Crippen LogP contribution in [-0.2, 0) is 9.47 Å². The monoisotopic (exact) mass is 344 g/mol. The summed E-state index contributed by atoms with van der Waals surface area (Å²) >= 11 is 3.54. The molecule has 112 valence electrons. The predicted octanol–water partition coefficient (Wildman–Crippen LogP) is 2.28. The second kappa shape index (κ2) is 7.19. The number of methoxy groups -OCH3 is 1. The van der Waals surface area contributed by atoms with Gasteiger partial charge in [-0.3, -0.25) is 0 Å². The minimum atomic E-state index is -0.262. The Bertz CT molecular complexity index is 438. The summed E-state index contributed by atoms with van der Waals surface area (Å²) in [5.41, 5.74) is -0.262. The van der Waals surface area contributed by atoms with Crippen LogP contribution in [0.3, 0.4) is 0 Å². The van der Waals surface area contributed by atoms with E-state index < -0.39 is 0 Å². The van der Waals surface area contributed by atoms with Crippen molar-refractivity contribution in [2.45, 2.75) is 25.4 Å². The van der Waals surface area contributed by atoms with Crippen LogP contribution in [0.2, 0.25) is 0 Å². The number of hydrogen-bond acceptors (Lipinski definition) is 6. The van der Waals surface area contributed by atoms with E-state index in [0.29, 0.717) is 13.2 Å². The quantitative estimate of drug-likeness (QED) is 0.790. The van der Waals surface area contributed by atoms with Crippen LogP contribution in [0.15, 0.2) is 10.8 Å². The molecule has 6 nitrogen and oxygen atoms in total. The second-order valence-corrected chi connectivity index (χ2v) is 5.65. The Morgan fingerprint density at radius 3 is 2.75 bits per heavy atom. The van der Waals surface area contributed by atoms with Crippen molar-refractivity contribution in [1.29, 1.82) is 0 Å². The number of hydrogen-bond donors (Lipinski definition) is 2. The van der Waals surface area contributed by atoms with E-state index in [4.69, 9.17) is 9.47 Å². The third kappa shape index (κ3) is 3.59. The normalized spacial score (nSPS) is 21.9. The minimum absolute atomic E-state index is 0.262. The van der Waals surface area contributed by atoms with Crippen LogP contribution in [0.25, 0.3) is 0 Å². The van der Waals surface area contributed by atoms with Crippen molar-refractivity contribution < 1.29 is 9.47 Å². The van der Waals surface area contributed by atoms with Gasteiger partial charge < -0.3 is 20.1 Å². The van der Waals surface area contributed by atoms with Crippen LogP contribution < -0.4 is 10.6 Å². The molecule has 2 N–H and O–H groups in total. The van der Waals surface area contributed by atoms with Gasteiger partial charge in [0, 0.05) is 33.2 Å². The zero-order valence-electron chi connectivity index (χ0n) is 11.9. The highest BCUT2D eigenvalue weighted by Crippen LogP contribution is 2.28. The lowest BCUT2D eigenvalue weighted by Crippen LogP contribution is -2.39. The van der Waals surface area contributed by atoms with Crippen LogP contribution in [-0.4, -0.2) is 49.0 Å². The van der Waals surface area contributed by atoms with Gasteiger partial charge in [0.2, 0.25) is 0 Å². The van der Waals surface area contributed by atoms with Crippen LogP contribution >= 0.6 is 15.9 Å². The van der Waals surface area contributed by atoms with Crippen molar-refractivity contribution in [3.63, 3.8) is 0 Å². The molecule has 0 aliphatic carbocycles. The Kier molecular flexibility index (Phi) is 5.56. The fraction of sp³-hybridized carbons (Fsp3) is 0.692. The Morgan fingerprint density at radius 1 is 1.40 bits per heavy atom. The predicted molar refractivity (Wildman–Crippen MR) is 82.2 cm³/mol. The highest BCUT2D eigenvalue weighted by molar-refractivity contribution is 9.10. The molecule has 1 aromatic rings. The van der Waals surface area contributed by atoms with E-state index in [0.717, 1.165) is 42.1 Å². The van der Waals surface area contributed by atoms with Crippen molar-refractivity contribution in [2.24, 2.45) is 0 Å². The van der Waals surface area contributed by atoms with Gasteiger partial charge in [-0.05, 0) is 22.4 Å². The molecule has 1 aliphatic heterocycles. The Balaban J connectivity index is 2.02. The first-order valence-electron chi connectivity index (χ1n) is 6.82. The zero-order chi connectivity index (χ0) is 14.4. The third-order valence-corrected chi connectivity index (χ3v) is 4.16. The summed E-state index contributed by atoms with van der Waals surface area (Å²) in [6, 6.07) is 0. The maximum absolute atomic E-state index is 5.59. The van der Waals surface area contributed by atoms with Crippen LogP contribution in [0.4, 0.5) is 11.6 Å². The number of aromatic nitrogens is 2. The van der Waals surface area contributed by atoms with E-state index in [2.05, 4.69) is 43.5 Å². The Morgan fingerprint density at radius 2 is 2.15 bits per heavy atom. The van der Waals surface area contributed by atoms with Gasteiger partial charge in [0.25, 0.3) is 0 Å². The summed E-state index contributed by atoms with van der Waals surface area (Å²) in [4.78, 5) is 8.50. The lowest BCUT2D eigenvalue weighted by Gasteiger charge is -2.26. The maximum Gasteiger partial charge on any atom is 0.146 e. The van der Waals surface area contributed by atoms with Crippen LogP contribution in [0, 0.1) is 0 Å². The molecule has 1 fully saturated rings. The molecule has 1 unspecified atom stereocenters. The molecule has 0 amide bonds. The van der Waals surface area contributed by atoms with E-state index >= 15 is 0 Å². The third-order valence-electron chi connectivity index (χ3n) is 3.41. The van der Waals surface area contributed by atoms with Crippen LogP contribution in [0.1, 0.15) is 19.8 Å². The van der Waals surface area contributed by atoms with Crippen molar-refractivity contribution in [3.05, 3.63) is 10.8 Å². The molecule has 1 atom stereocenters. The van der Waals surface area contributed by atoms with E-state index in [-0.39, 0.29) is 5.60 Å². The number of anilines is 2. The summed E-state index contributed by atoms with van der Waals surface area (Å²) in [7, 11) is 1.72. The first-order valence-corrected chi connectivity index (χ1v) is 7.61. The standard InChI is InChI=1S/C13H21BrN4O2/c1-3-5-15-11-10(14)12(18-9-17-11)16-7-13(19-2)4-6-20-8-13/h9H,3-8H2,1-2H3,(H2,15,16,17,18). The van der Waals surface area contributed by atoms with Gasteiger partial charge in [-0.2, -0.15) is 0 Å². The highest BCUT2D eigenvalue weighted by atomic mass is 79.9. The van der Waals surface area contributed by atoms with E-state index in [9.17, 15) is 0 Å². The lowest BCUT2D eigenvalue weighted by atomic mass is 10.0. The highest BCUT2D eigenvalue weighted by Gasteiger charge is 2.35. The molecule has 0 saturated carbocycles. The Hall–Kier alpha value is -0.920. The first kappa shape index (κ1) is 15.5. The molecule has 1 aromatic heterocycles. The maximum atomic E-state index is 5.59. The van der Waals surface area contributed by atoms with Crippen molar-refractivity contribution >= 4 is 27.6 Å². The van der Waals surface area contributed by atoms with Gasteiger partial charge in [0.1, 0.15) is 28.0 Å². The summed E-state index contributed by atoms with van der Waals surface area (Å²) in [5.74, 6) is 1.57. The summed E-state index contributed by atoms with van der Waals surface area (Å²) in [6.45, 7) is 5.00. The SMILES string of the molecule is CCCNc1ncnc(NCC2(OC)CCOC2)c1Br. The number of nitrogens with zero attached hydrogens (tertiary/aromatic N) is 2. The fourth-order valence-electron chi connectivity index (χ4n) is 2.07. The number of nitrogens with one attached hydrogen (secondary N) is 2. The lowest BCUT2D eigenvalue weighted by molar-refractivity contribution is -0.00626. The van der Waals surface area contributed by atoms with Crippen molar-refractivity contribution in [2.75, 3.05) is 44.0 Å². The molecule has 0 spiro atoms. The summed E-state index contributed by atoms with van der Waals surface area (Å²) in [5, 5.41) is 6.58. The molecular weight excluding hydrogens is 324 g/mol. The minimum Gasteiger partial charge on any atom is -0.378 e. The first-order chi connectivity index (χ1) is 9.71. The zero-order valence-corrected chi connectivity index (χ0v) is 13.5. The van der Waals surface area contributed by atoms with Gasteiger partial charge in [0.05, 0.1) is 6.61 Å². The van der Waals surface area contributed by atoms with Crippen molar-refractivity contribution in [1.82, 2.24) is 9.97 Å². The molecule has 0 bridgehead atoms. The molecule has 20 heavy (non-hydrogen) atoms. The van der Waals surface area contributed by atoms with E-state index in [1.807, 2.05) is 0 Å². The largest absolute Gasteiger partial charge is 0.378 e.